The average Bonchev–Trinajstić information content (AvgIpc) is 2.63. The first-order valence-corrected chi connectivity index (χ1v) is 7.51. The van der Waals surface area contributed by atoms with Crippen LogP contribution in [0.3, 0.4) is 0 Å². The second-order valence-electron chi connectivity index (χ2n) is 4.57. The van der Waals surface area contributed by atoms with Crippen LogP contribution in [0.5, 0.6) is 0 Å². The Morgan fingerprint density at radius 1 is 0.643 bits per heavy atom. The maximum absolute atomic E-state index is 11.3. The summed E-state index contributed by atoms with van der Waals surface area (Å²) >= 11 is 0. The van der Waals surface area contributed by atoms with Crippen LogP contribution in [0.1, 0.15) is 6.92 Å². The van der Waals surface area contributed by atoms with Crippen LogP contribution in [-0.2, 0) is 52.4 Å². The fourth-order valence-electron chi connectivity index (χ4n) is 1.14. The minimum atomic E-state index is -1.05. The molecule has 28 heavy (non-hydrogen) atoms. The molecule has 0 spiro atoms. The Bertz CT molecular complexity index is 577. The molecule has 0 heterocycles. The van der Waals surface area contributed by atoms with Gasteiger partial charge in [0.2, 0.25) is 12.7 Å². The maximum Gasteiger partial charge on any atom is 0.409 e. The van der Waals surface area contributed by atoms with Gasteiger partial charge in [-0.2, -0.15) is 0 Å². The molecule has 0 aliphatic carbocycles. The Kier molecular flexibility index (Phi) is 12.9. The van der Waals surface area contributed by atoms with E-state index in [9.17, 15) is 28.8 Å². The van der Waals surface area contributed by atoms with Crippen molar-refractivity contribution < 1.29 is 57.2 Å². The number of nitrogens with one attached hydrogen (secondary N) is 2. The largest absolute Gasteiger partial charge is 0.452 e. The average molecular weight is 408 g/mol. The summed E-state index contributed by atoms with van der Waals surface area (Å²) in [5.74, 6) is -4.24. The molecule has 0 radical (unpaired) electrons. The van der Waals surface area contributed by atoms with E-state index in [1.54, 1.807) is 0 Å². The van der Waals surface area contributed by atoms with Gasteiger partial charge in [-0.15, -0.1) is 0 Å². The molecule has 158 valence electrons. The number of carbonyl (C=O) groups excluding carboxylic acids is 6. The SMILES string of the molecule is COCC(=O)OCC(=O)OCOC(=O)COC(=O)COC(=O)NCNC(C)=O. The molecule has 2 amide bonds. The molecular weight excluding hydrogens is 388 g/mol. The number of esters is 4. The molecule has 0 saturated heterocycles. The van der Waals surface area contributed by atoms with Crippen LogP contribution in [0.4, 0.5) is 4.79 Å². The fourth-order valence-corrected chi connectivity index (χ4v) is 1.14. The van der Waals surface area contributed by atoms with Crippen molar-refractivity contribution in [3.05, 3.63) is 0 Å². The van der Waals surface area contributed by atoms with E-state index in [4.69, 9.17) is 0 Å². The van der Waals surface area contributed by atoms with E-state index >= 15 is 0 Å². The van der Waals surface area contributed by atoms with Gasteiger partial charge in [0.15, 0.2) is 19.8 Å². The normalized spacial score (nSPS) is 9.50. The first kappa shape index (κ1) is 24.6. The minimum absolute atomic E-state index is 0.195. The topological polar surface area (TPSA) is 182 Å². The number of methoxy groups -OCH3 is 1. The van der Waals surface area contributed by atoms with E-state index in [0.29, 0.717) is 0 Å². The lowest BCUT2D eigenvalue weighted by atomic mass is 10.7. The summed E-state index contributed by atoms with van der Waals surface area (Å²) in [5, 5.41) is 4.37. The minimum Gasteiger partial charge on any atom is -0.452 e. The zero-order valence-electron chi connectivity index (χ0n) is 15.1. The molecule has 0 aromatic carbocycles. The lowest BCUT2D eigenvalue weighted by molar-refractivity contribution is -0.178. The molecule has 0 aromatic rings. The standard InChI is InChI=1S/C14H20N2O12/c1-9(17)15-7-16-14(22)26-6-11(19)25-5-13(21)28-8-27-12(20)4-24-10(18)3-23-2/h3-8H2,1-2H3,(H,15,17)(H,16,22). The number of rotatable bonds is 12. The van der Waals surface area contributed by atoms with Gasteiger partial charge in [0.05, 0.1) is 6.67 Å². The molecule has 0 aliphatic rings. The van der Waals surface area contributed by atoms with E-state index in [2.05, 4.69) is 39.1 Å². The first-order valence-electron chi connectivity index (χ1n) is 7.51. The van der Waals surface area contributed by atoms with Crippen molar-refractivity contribution in [2.45, 2.75) is 6.92 Å². The Hall–Kier alpha value is -3.42. The van der Waals surface area contributed by atoms with Crippen LogP contribution < -0.4 is 10.6 Å². The third-order valence-electron chi connectivity index (χ3n) is 2.30. The zero-order valence-corrected chi connectivity index (χ0v) is 15.1. The van der Waals surface area contributed by atoms with Gasteiger partial charge in [-0.25, -0.2) is 24.0 Å². The van der Waals surface area contributed by atoms with Crippen molar-refractivity contribution >= 4 is 35.9 Å². The third kappa shape index (κ3) is 14.9. The molecule has 0 fully saturated rings. The second-order valence-corrected chi connectivity index (χ2v) is 4.57. The van der Waals surface area contributed by atoms with Gasteiger partial charge in [0.25, 0.3) is 0 Å². The van der Waals surface area contributed by atoms with Crippen molar-refractivity contribution in [1.29, 1.82) is 0 Å². The van der Waals surface area contributed by atoms with Crippen molar-refractivity contribution in [1.82, 2.24) is 10.6 Å². The Morgan fingerprint density at radius 2 is 1.11 bits per heavy atom. The van der Waals surface area contributed by atoms with Gasteiger partial charge in [0.1, 0.15) is 6.61 Å². The lowest BCUT2D eigenvalue weighted by Crippen LogP contribution is -2.37. The number of amides is 2. The maximum atomic E-state index is 11.3. The predicted molar refractivity (Wildman–Crippen MR) is 84.0 cm³/mol. The second kappa shape index (κ2) is 14.7. The molecule has 0 atom stereocenters. The highest BCUT2D eigenvalue weighted by atomic mass is 16.7. The quantitative estimate of drug-likeness (QED) is 0.198. The van der Waals surface area contributed by atoms with Crippen LogP contribution in [-0.4, -0.2) is 82.9 Å². The molecule has 2 N–H and O–H groups in total. The lowest BCUT2D eigenvalue weighted by Gasteiger charge is -2.08. The molecule has 0 aromatic heterocycles. The van der Waals surface area contributed by atoms with Crippen molar-refractivity contribution in [2.24, 2.45) is 0 Å². The number of ether oxygens (including phenoxy) is 6. The number of hydrogen-bond acceptors (Lipinski definition) is 12. The highest BCUT2D eigenvalue weighted by Gasteiger charge is 2.13. The summed E-state index contributed by atoms with van der Waals surface area (Å²) in [7, 11) is 1.26. The van der Waals surface area contributed by atoms with Gasteiger partial charge < -0.3 is 39.1 Å². The first-order chi connectivity index (χ1) is 13.2. The Balaban J connectivity index is 3.75. The highest BCUT2D eigenvalue weighted by molar-refractivity contribution is 5.79. The number of hydrogen-bond donors (Lipinski definition) is 2. The zero-order chi connectivity index (χ0) is 21.4. The van der Waals surface area contributed by atoms with Gasteiger partial charge in [-0.1, -0.05) is 0 Å². The van der Waals surface area contributed by atoms with Crippen LogP contribution in [0, 0.1) is 0 Å². The van der Waals surface area contributed by atoms with Gasteiger partial charge in [0, 0.05) is 14.0 Å². The molecule has 0 saturated carbocycles. The van der Waals surface area contributed by atoms with Crippen LogP contribution in [0.2, 0.25) is 0 Å². The van der Waals surface area contributed by atoms with Gasteiger partial charge in [-0.3, -0.25) is 4.79 Å². The number of carbonyl (C=O) groups is 6. The van der Waals surface area contributed by atoms with E-state index in [1.165, 1.54) is 14.0 Å². The smallest absolute Gasteiger partial charge is 0.409 e. The van der Waals surface area contributed by atoms with Crippen LogP contribution >= 0.6 is 0 Å². The molecule has 14 heteroatoms. The Morgan fingerprint density at radius 3 is 1.61 bits per heavy atom. The fraction of sp³-hybridized carbons (Fsp3) is 0.571. The molecule has 14 nitrogen and oxygen atoms in total. The van der Waals surface area contributed by atoms with Crippen molar-refractivity contribution in [3.8, 4) is 0 Å². The van der Waals surface area contributed by atoms with Crippen LogP contribution in [0.15, 0.2) is 0 Å². The molecular formula is C14H20N2O12. The monoisotopic (exact) mass is 408 g/mol. The molecule has 0 rings (SSSR count). The molecule has 0 unspecified atom stereocenters. The van der Waals surface area contributed by atoms with Crippen molar-refractivity contribution in [2.75, 3.05) is 47.0 Å². The summed E-state index contributed by atoms with van der Waals surface area (Å²) in [6.07, 6.45) is -0.994. The summed E-state index contributed by atoms with van der Waals surface area (Å²) < 4.78 is 26.7. The van der Waals surface area contributed by atoms with Crippen LogP contribution in [0.25, 0.3) is 0 Å². The summed E-state index contributed by atoms with van der Waals surface area (Å²) in [4.78, 5) is 66.3. The highest BCUT2D eigenvalue weighted by Crippen LogP contribution is 1.89. The molecule has 0 bridgehead atoms. The molecule has 0 aliphatic heterocycles. The summed E-state index contributed by atoms with van der Waals surface area (Å²) in [6, 6.07) is 0. The Labute approximate surface area is 158 Å². The third-order valence-corrected chi connectivity index (χ3v) is 2.30. The summed E-state index contributed by atoms with van der Waals surface area (Å²) in [5.41, 5.74) is 0. The summed E-state index contributed by atoms with van der Waals surface area (Å²) in [6.45, 7) is -2.40. The van der Waals surface area contributed by atoms with Gasteiger partial charge in [-0.05, 0) is 0 Å². The van der Waals surface area contributed by atoms with Crippen molar-refractivity contribution in [3.63, 3.8) is 0 Å². The number of alkyl carbamates (subject to hydrolysis) is 1. The van der Waals surface area contributed by atoms with E-state index in [-0.39, 0.29) is 19.2 Å². The van der Waals surface area contributed by atoms with Gasteiger partial charge >= 0.3 is 30.0 Å². The van der Waals surface area contributed by atoms with E-state index < -0.39 is 56.6 Å². The van der Waals surface area contributed by atoms with E-state index in [1.807, 2.05) is 0 Å². The van der Waals surface area contributed by atoms with E-state index in [0.717, 1.165) is 0 Å². The predicted octanol–water partition coefficient (Wildman–Crippen LogP) is -2.42.